The number of aliphatic imine (C=N–C) groups is 1. The van der Waals surface area contributed by atoms with E-state index in [1.165, 1.54) is 25.8 Å². The van der Waals surface area contributed by atoms with E-state index in [9.17, 15) is 0 Å². The maximum Gasteiger partial charge on any atom is 0.188 e. The van der Waals surface area contributed by atoms with Crippen LogP contribution in [0.25, 0.3) is 0 Å². The minimum absolute atomic E-state index is 0. The van der Waals surface area contributed by atoms with Crippen LogP contribution < -0.4 is 11.1 Å². The Labute approximate surface area is 157 Å². The predicted molar refractivity (Wildman–Crippen MR) is 107 cm³/mol. The van der Waals surface area contributed by atoms with Gasteiger partial charge in [-0.1, -0.05) is 12.5 Å². The van der Waals surface area contributed by atoms with Crippen molar-refractivity contribution in [3.05, 3.63) is 30.1 Å². The van der Waals surface area contributed by atoms with Crippen LogP contribution in [-0.2, 0) is 6.42 Å². The third-order valence-corrected chi connectivity index (χ3v) is 4.24. The van der Waals surface area contributed by atoms with Crippen LogP contribution >= 0.6 is 24.0 Å². The number of nitrogens with two attached hydrogens (primary N) is 1. The van der Waals surface area contributed by atoms with Crippen LogP contribution in [0, 0.1) is 0 Å². The van der Waals surface area contributed by atoms with Crippen LogP contribution in [0.3, 0.4) is 0 Å². The maximum atomic E-state index is 5.89. The molecule has 6 heteroatoms. The normalized spacial score (nSPS) is 19.2. The fourth-order valence-corrected chi connectivity index (χ4v) is 2.88. The lowest BCUT2D eigenvalue weighted by Gasteiger charge is -2.33. The van der Waals surface area contributed by atoms with Gasteiger partial charge in [-0.2, -0.15) is 0 Å². The van der Waals surface area contributed by atoms with Gasteiger partial charge in [-0.05, 0) is 44.9 Å². The predicted octanol–water partition coefficient (Wildman–Crippen LogP) is 2.41. The summed E-state index contributed by atoms with van der Waals surface area (Å²) in [6.07, 6.45) is 7.80. The van der Waals surface area contributed by atoms with E-state index in [0.29, 0.717) is 5.96 Å². The summed E-state index contributed by atoms with van der Waals surface area (Å²) < 4.78 is 0. The molecular formula is C17H30IN5. The Balaban J connectivity index is 0.00000264. The number of piperidine rings is 1. The molecule has 0 aliphatic carbocycles. The Morgan fingerprint density at radius 2 is 2.30 bits per heavy atom. The van der Waals surface area contributed by atoms with Gasteiger partial charge in [0.1, 0.15) is 0 Å². The van der Waals surface area contributed by atoms with Gasteiger partial charge >= 0.3 is 0 Å². The van der Waals surface area contributed by atoms with Crippen LogP contribution in [0.15, 0.2) is 29.4 Å². The molecule has 3 N–H and O–H groups in total. The van der Waals surface area contributed by atoms with Gasteiger partial charge in [0.2, 0.25) is 0 Å². The third-order valence-electron chi connectivity index (χ3n) is 4.24. The first-order valence-electron chi connectivity index (χ1n) is 8.43. The lowest BCUT2D eigenvalue weighted by Crippen LogP contribution is -2.38. The first-order chi connectivity index (χ1) is 10.8. The zero-order valence-electron chi connectivity index (χ0n) is 14.1. The quantitative estimate of drug-likeness (QED) is 0.301. The van der Waals surface area contributed by atoms with Crippen molar-refractivity contribution in [2.24, 2.45) is 10.7 Å². The zero-order valence-corrected chi connectivity index (χ0v) is 16.4. The third kappa shape index (κ3) is 7.97. The van der Waals surface area contributed by atoms with E-state index in [1.54, 1.807) is 0 Å². The summed E-state index contributed by atoms with van der Waals surface area (Å²) in [5.41, 5.74) is 6.96. The molecule has 2 rings (SSSR count). The van der Waals surface area contributed by atoms with Crippen LogP contribution in [0.2, 0.25) is 0 Å². The zero-order chi connectivity index (χ0) is 15.6. The standard InChI is InChI=1S/C17H29N5.HI/c1-15-7-3-5-13-22(15)14-6-11-20-17(18)21-12-9-16-8-2-4-10-19-16;/h2,4,8,10,15H,3,5-7,9,11-14H2,1H3,(H3,18,20,21);1H. The molecule has 1 fully saturated rings. The van der Waals surface area contributed by atoms with Crippen LogP contribution in [0.1, 0.15) is 38.3 Å². The smallest absolute Gasteiger partial charge is 0.188 e. The van der Waals surface area contributed by atoms with E-state index in [2.05, 4.69) is 27.1 Å². The Hall–Kier alpha value is -0.890. The van der Waals surface area contributed by atoms with Gasteiger partial charge in [0.05, 0.1) is 0 Å². The highest BCUT2D eigenvalue weighted by Gasteiger charge is 2.16. The highest BCUT2D eigenvalue weighted by Crippen LogP contribution is 2.16. The van der Waals surface area contributed by atoms with E-state index >= 15 is 0 Å². The van der Waals surface area contributed by atoms with Crippen molar-refractivity contribution in [3.8, 4) is 0 Å². The van der Waals surface area contributed by atoms with Crippen LogP contribution in [-0.4, -0.2) is 48.1 Å². The Morgan fingerprint density at radius 1 is 1.43 bits per heavy atom. The van der Waals surface area contributed by atoms with Crippen LogP contribution in [0.5, 0.6) is 0 Å². The van der Waals surface area contributed by atoms with E-state index in [0.717, 1.165) is 44.2 Å². The number of nitrogens with zero attached hydrogens (tertiary/aromatic N) is 3. The maximum absolute atomic E-state index is 5.89. The highest BCUT2D eigenvalue weighted by atomic mass is 127. The molecule has 0 bridgehead atoms. The Bertz CT molecular complexity index is 452. The van der Waals surface area contributed by atoms with Gasteiger partial charge in [0.25, 0.3) is 0 Å². The number of pyridine rings is 1. The summed E-state index contributed by atoms with van der Waals surface area (Å²) in [5.74, 6) is 0.544. The summed E-state index contributed by atoms with van der Waals surface area (Å²) in [7, 11) is 0. The van der Waals surface area contributed by atoms with Gasteiger partial charge in [-0.3, -0.25) is 9.98 Å². The van der Waals surface area contributed by atoms with E-state index in [-0.39, 0.29) is 24.0 Å². The Kier molecular flexibility index (Phi) is 10.2. The fourth-order valence-electron chi connectivity index (χ4n) is 2.88. The molecule has 0 spiro atoms. The number of nitrogens with one attached hydrogen (secondary N) is 1. The van der Waals surface area contributed by atoms with Crippen molar-refractivity contribution >= 4 is 29.9 Å². The molecule has 5 nitrogen and oxygen atoms in total. The number of likely N-dealkylation sites (tertiary alicyclic amines) is 1. The van der Waals surface area contributed by atoms with Gasteiger partial charge < -0.3 is 16.0 Å². The number of rotatable bonds is 7. The molecule has 0 aromatic carbocycles. The van der Waals surface area contributed by atoms with Gasteiger partial charge in [-0.15, -0.1) is 24.0 Å². The lowest BCUT2D eigenvalue weighted by atomic mass is 10.0. The van der Waals surface area contributed by atoms with Crippen molar-refractivity contribution in [1.29, 1.82) is 0 Å². The molecule has 1 atom stereocenters. The van der Waals surface area contributed by atoms with Crippen molar-refractivity contribution in [3.63, 3.8) is 0 Å². The largest absolute Gasteiger partial charge is 0.370 e. The molecule has 1 aliphatic heterocycles. The van der Waals surface area contributed by atoms with E-state index < -0.39 is 0 Å². The molecule has 1 saturated heterocycles. The SMILES string of the molecule is CC1CCCCN1CCCN=C(N)NCCc1ccccn1.I. The molecular weight excluding hydrogens is 401 g/mol. The van der Waals surface area contributed by atoms with Gasteiger partial charge in [0, 0.05) is 44.0 Å². The second-order valence-corrected chi connectivity index (χ2v) is 6.00. The molecule has 23 heavy (non-hydrogen) atoms. The number of aromatic nitrogens is 1. The summed E-state index contributed by atoms with van der Waals surface area (Å²) in [5, 5.41) is 3.15. The van der Waals surface area contributed by atoms with Crippen molar-refractivity contribution < 1.29 is 0 Å². The molecule has 0 saturated carbocycles. The first kappa shape index (κ1) is 20.2. The Morgan fingerprint density at radius 3 is 3.04 bits per heavy atom. The molecule has 0 radical (unpaired) electrons. The van der Waals surface area contributed by atoms with Crippen molar-refractivity contribution in [2.45, 2.75) is 45.1 Å². The monoisotopic (exact) mass is 431 g/mol. The molecule has 1 unspecified atom stereocenters. The number of guanidine groups is 1. The number of hydrogen-bond acceptors (Lipinski definition) is 3. The second kappa shape index (κ2) is 11.6. The minimum atomic E-state index is 0. The fraction of sp³-hybridized carbons (Fsp3) is 0.647. The summed E-state index contributed by atoms with van der Waals surface area (Å²) in [6.45, 7) is 6.27. The van der Waals surface area contributed by atoms with E-state index in [4.69, 9.17) is 5.73 Å². The minimum Gasteiger partial charge on any atom is -0.370 e. The first-order valence-corrected chi connectivity index (χ1v) is 8.43. The molecule has 1 aliphatic rings. The molecule has 1 aromatic heterocycles. The lowest BCUT2D eigenvalue weighted by molar-refractivity contribution is 0.160. The van der Waals surface area contributed by atoms with Gasteiger partial charge in [-0.25, -0.2) is 0 Å². The van der Waals surface area contributed by atoms with Crippen molar-refractivity contribution in [1.82, 2.24) is 15.2 Å². The average Bonchev–Trinajstić information content (AvgIpc) is 2.54. The summed E-state index contributed by atoms with van der Waals surface area (Å²) in [4.78, 5) is 11.3. The molecule has 2 heterocycles. The topological polar surface area (TPSA) is 66.5 Å². The summed E-state index contributed by atoms with van der Waals surface area (Å²) in [6, 6.07) is 6.68. The van der Waals surface area contributed by atoms with Crippen molar-refractivity contribution in [2.75, 3.05) is 26.2 Å². The average molecular weight is 431 g/mol. The van der Waals surface area contributed by atoms with Gasteiger partial charge in [0.15, 0.2) is 5.96 Å². The molecule has 1 aromatic rings. The molecule has 130 valence electrons. The second-order valence-electron chi connectivity index (χ2n) is 6.00. The molecule has 0 amide bonds. The number of halogens is 1. The number of hydrogen-bond donors (Lipinski definition) is 2. The highest BCUT2D eigenvalue weighted by molar-refractivity contribution is 14.0. The van der Waals surface area contributed by atoms with E-state index in [1.807, 2.05) is 24.4 Å². The summed E-state index contributed by atoms with van der Waals surface area (Å²) >= 11 is 0. The van der Waals surface area contributed by atoms with Crippen LogP contribution in [0.4, 0.5) is 0 Å².